The van der Waals surface area contributed by atoms with Gasteiger partial charge < -0.3 is 15.8 Å². The van der Waals surface area contributed by atoms with Crippen LogP contribution >= 0.6 is 12.4 Å². The number of aromatic amines is 1. The van der Waals surface area contributed by atoms with Crippen LogP contribution in [0.25, 0.3) is 11.3 Å². The highest BCUT2D eigenvalue weighted by Gasteiger charge is 2.27. The second-order valence-electron chi connectivity index (χ2n) is 5.99. The molecule has 0 saturated heterocycles. The Morgan fingerprint density at radius 1 is 1.38 bits per heavy atom. The molecule has 1 aromatic heterocycles. The summed E-state index contributed by atoms with van der Waals surface area (Å²) in [5.41, 5.74) is 8.76. The molecule has 1 aliphatic rings. The van der Waals surface area contributed by atoms with Crippen LogP contribution in [0.5, 0.6) is 5.75 Å². The fourth-order valence-corrected chi connectivity index (χ4v) is 3.03. The van der Waals surface area contributed by atoms with E-state index >= 15 is 0 Å². The number of rotatable bonds is 5. The molecule has 0 unspecified atom stereocenters. The lowest BCUT2D eigenvalue weighted by Crippen LogP contribution is -2.30. The van der Waals surface area contributed by atoms with Crippen molar-refractivity contribution in [2.24, 2.45) is 11.7 Å². The van der Waals surface area contributed by atoms with E-state index in [0.717, 1.165) is 41.8 Å². The molecule has 0 radical (unpaired) electrons. The van der Waals surface area contributed by atoms with E-state index in [1.54, 1.807) is 13.3 Å². The number of nitrogens with zero attached hydrogens (tertiary/aromatic N) is 1. The average Bonchev–Trinajstić information content (AvgIpc) is 3.21. The van der Waals surface area contributed by atoms with E-state index in [-0.39, 0.29) is 30.3 Å². The van der Waals surface area contributed by atoms with Crippen LogP contribution in [0.4, 0.5) is 0 Å². The van der Waals surface area contributed by atoms with Gasteiger partial charge in [-0.2, -0.15) is 5.10 Å². The fraction of sp³-hybridized carbons (Fsp3) is 0.412. The molecule has 2 atom stereocenters. The molecule has 24 heavy (non-hydrogen) atoms. The molecule has 0 bridgehead atoms. The van der Waals surface area contributed by atoms with Crippen molar-refractivity contribution < 1.29 is 9.53 Å². The van der Waals surface area contributed by atoms with Crippen molar-refractivity contribution in [3.05, 3.63) is 36.0 Å². The van der Waals surface area contributed by atoms with Crippen molar-refractivity contribution in [1.29, 1.82) is 0 Å². The average molecular weight is 351 g/mol. The van der Waals surface area contributed by atoms with Gasteiger partial charge in [0, 0.05) is 29.6 Å². The van der Waals surface area contributed by atoms with Gasteiger partial charge in [0.05, 0.1) is 19.0 Å². The zero-order valence-electron chi connectivity index (χ0n) is 13.6. The molecule has 1 aromatic carbocycles. The molecular formula is C17H23ClN4O2. The van der Waals surface area contributed by atoms with Crippen LogP contribution in [0.15, 0.2) is 30.5 Å². The summed E-state index contributed by atoms with van der Waals surface area (Å²) in [5.74, 6) is 0.932. The van der Waals surface area contributed by atoms with E-state index in [4.69, 9.17) is 10.5 Å². The predicted molar refractivity (Wildman–Crippen MR) is 95.0 cm³/mol. The minimum Gasteiger partial charge on any atom is -0.497 e. The van der Waals surface area contributed by atoms with Crippen molar-refractivity contribution in [1.82, 2.24) is 15.5 Å². The van der Waals surface area contributed by atoms with Crippen LogP contribution in [0, 0.1) is 5.92 Å². The molecule has 0 spiro atoms. The van der Waals surface area contributed by atoms with Gasteiger partial charge >= 0.3 is 0 Å². The highest BCUT2D eigenvalue weighted by molar-refractivity contribution is 5.85. The fourth-order valence-electron chi connectivity index (χ4n) is 3.03. The van der Waals surface area contributed by atoms with Gasteiger partial charge in [0.1, 0.15) is 5.75 Å². The molecule has 1 heterocycles. The Hall–Kier alpha value is -2.05. The van der Waals surface area contributed by atoms with Gasteiger partial charge in [-0.3, -0.25) is 9.89 Å². The molecule has 7 heteroatoms. The van der Waals surface area contributed by atoms with E-state index in [0.29, 0.717) is 6.54 Å². The van der Waals surface area contributed by atoms with Crippen LogP contribution in [-0.4, -0.2) is 29.3 Å². The molecule has 0 aliphatic heterocycles. The van der Waals surface area contributed by atoms with Gasteiger partial charge in [0.15, 0.2) is 0 Å². The SMILES string of the molecule is COc1ccc(-c2[nH]ncc2CNC(=O)[C@H]2CC[C@@H](N)C2)cc1.Cl. The summed E-state index contributed by atoms with van der Waals surface area (Å²) >= 11 is 0. The Morgan fingerprint density at radius 2 is 2.12 bits per heavy atom. The Balaban J connectivity index is 0.00000208. The van der Waals surface area contributed by atoms with Crippen LogP contribution in [0.2, 0.25) is 0 Å². The lowest BCUT2D eigenvalue weighted by atomic mass is 10.1. The van der Waals surface area contributed by atoms with Crippen LogP contribution in [-0.2, 0) is 11.3 Å². The van der Waals surface area contributed by atoms with Gasteiger partial charge in [-0.05, 0) is 43.5 Å². The molecule has 130 valence electrons. The molecule has 1 fully saturated rings. The molecule has 4 N–H and O–H groups in total. The van der Waals surface area contributed by atoms with Crippen molar-refractivity contribution in [3.8, 4) is 17.0 Å². The summed E-state index contributed by atoms with van der Waals surface area (Å²) in [7, 11) is 1.64. The van der Waals surface area contributed by atoms with Crippen molar-refractivity contribution >= 4 is 18.3 Å². The van der Waals surface area contributed by atoms with Crippen molar-refractivity contribution in [2.75, 3.05) is 7.11 Å². The molecule has 1 amide bonds. The zero-order valence-corrected chi connectivity index (χ0v) is 14.4. The minimum atomic E-state index is 0. The van der Waals surface area contributed by atoms with Crippen molar-refractivity contribution in [2.45, 2.75) is 31.8 Å². The van der Waals surface area contributed by atoms with E-state index < -0.39 is 0 Å². The third kappa shape index (κ3) is 4.07. The molecule has 1 saturated carbocycles. The van der Waals surface area contributed by atoms with Gasteiger partial charge in [-0.1, -0.05) is 0 Å². The summed E-state index contributed by atoms with van der Waals surface area (Å²) in [4.78, 5) is 12.2. The van der Waals surface area contributed by atoms with E-state index in [9.17, 15) is 4.79 Å². The Bertz CT molecular complexity index is 671. The van der Waals surface area contributed by atoms with E-state index in [1.807, 2.05) is 24.3 Å². The maximum Gasteiger partial charge on any atom is 0.223 e. The molecule has 1 aliphatic carbocycles. The molecular weight excluding hydrogens is 328 g/mol. The van der Waals surface area contributed by atoms with Gasteiger partial charge in [0.2, 0.25) is 5.91 Å². The second kappa shape index (κ2) is 8.17. The normalized spacial score (nSPS) is 19.6. The Labute approximate surface area is 147 Å². The smallest absolute Gasteiger partial charge is 0.223 e. The summed E-state index contributed by atoms with van der Waals surface area (Å²) in [6.45, 7) is 0.461. The van der Waals surface area contributed by atoms with Crippen LogP contribution in [0.1, 0.15) is 24.8 Å². The number of carbonyl (C=O) groups excluding carboxylic acids is 1. The zero-order chi connectivity index (χ0) is 16.2. The maximum atomic E-state index is 12.2. The first-order chi connectivity index (χ1) is 11.2. The van der Waals surface area contributed by atoms with Gasteiger partial charge in [-0.25, -0.2) is 0 Å². The minimum absolute atomic E-state index is 0. The number of H-pyrrole nitrogens is 1. The van der Waals surface area contributed by atoms with E-state index in [2.05, 4.69) is 15.5 Å². The number of methoxy groups -OCH3 is 1. The van der Waals surface area contributed by atoms with Crippen LogP contribution in [0.3, 0.4) is 0 Å². The number of ether oxygens (including phenoxy) is 1. The highest BCUT2D eigenvalue weighted by Crippen LogP contribution is 2.25. The summed E-state index contributed by atoms with van der Waals surface area (Å²) < 4.78 is 5.17. The molecule has 2 aromatic rings. The maximum absolute atomic E-state index is 12.2. The van der Waals surface area contributed by atoms with Crippen molar-refractivity contribution in [3.63, 3.8) is 0 Å². The monoisotopic (exact) mass is 350 g/mol. The van der Waals surface area contributed by atoms with Gasteiger partial charge in [-0.15, -0.1) is 12.4 Å². The van der Waals surface area contributed by atoms with Gasteiger partial charge in [0.25, 0.3) is 0 Å². The number of halogens is 1. The Morgan fingerprint density at radius 3 is 2.75 bits per heavy atom. The third-order valence-corrected chi connectivity index (χ3v) is 4.39. The van der Waals surface area contributed by atoms with Crippen LogP contribution < -0.4 is 15.8 Å². The quantitative estimate of drug-likeness (QED) is 0.771. The van der Waals surface area contributed by atoms with E-state index in [1.165, 1.54) is 0 Å². The number of hydrogen-bond donors (Lipinski definition) is 3. The predicted octanol–water partition coefficient (Wildman–Crippen LogP) is 2.25. The first-order valence-electron chi connectivity index (χ1n) is 7.87. The number of hydrogen-bond acceptors (Lipinski definition) is 4. The first kappa shape index (κ1) is 18.3. The summed E-state index contributed by atoms with van der Waals surface area (Å²) in [6, 6.07) is 7.90. The standard InChI is InChI=1S/C17H22N4O2.ClH/c1-23-15-6-3-11(4-7-15)16-13(10-20-21-16)9-19-17(22)12-2-5-14(18)8-12;/h3-4,6-7,10,12,14H,2,5,8-9,18H2,1H3,(H,19,22)(H,20,21);1H/t12-,14+;/m0./s1. The summed E-state index contributed by atoms with van der Waals surface area (Å²) in [6.07, 6.45) is 4.34. The molecule has 6 nitrogen and oxygen atoms in total. The molecule has 3 rings (SSSR count). The third-order valence-electron chi connectivity index (χ3n) is 4.39. The topological polar surface area (TPSA) is 93.0 Å². The Kier molecular flexibility index (Phi) is 6.23. The first-order valence-corrected chi connectivity index (χ1v) is 7.87. The number of aromatic nitrogens is 2. The largest absolute Gasteiger partial charge is 0.497 e. The highest BCUT2D eigenvalue weighted by atomic mass is 35.5. The number of carbonyl (C=O) groups is 1. The summed E-state index contributed by atoms with van der Waals surface area (Å²) in [5, 5.41) is 10.1. The number of amides is 1. The number of nitrogens with two attached hydrogens (primary N) is 1. The lowest BCUT2D eigenvalue weighted by Gasteiger charge is -2.11. The number of benzene rings is 1. The number of nitrogens with one attached hydrogen (secondary N) is 2. The second-order valence-corrected chi connectivity index (χ2v) is 5.99. The lowest BCUT2D eigenvalue weighted by molar-refractivity contribution is -0.125.